The Labute approximate surface area is 130 Å². The van der Waals surface area contributed by atoms with E-state index in [0.717, 1.165) is 22.6 Å². The Balaban J connectivity index is 1.87. The molecule has 0 radical (unpaired) electrons. The SMILES string of the molecule is c1ccc(C2=Nc3ccccc3NC2c2ccccc2)cc1. The summed E-state index contributed by atoms with van der Waals surface area (Å²) in [6, 6.07) is 29.1. The number of aliphatic imine (C=N–C) groups is 1. The minimum atomic E-state index is 0.0681. The summed E-state index contributed by atoms with van der Waals surface area (Å²) in [5, 5.41) is 3.63. The van der Waals surface area contributed by atoms with Gasteiger partial charge in [-0.2, -0.15) is 0 Å². The molecule has 1 unspecified atom stereocenters. The molecule has 2 nitrogen and oxygen atoms in total. The highest BCUT2D eigenvalue weighted by Crippen LogP contribution is 2.36. The molecule has 0 saturated carbocycles. The standard InChI is InChI=1S/C20H16N2/c1-3-9-15(10-4-1)19-20(16-11-5-2-6-12-16)22-18-14-8-7-13-17(18)21-19/h1-14,19,21H. The normalized spacial score (nSPS) is 16.4. The first-order valence-corrected chi connectivity index (χ1v) is 7.46. The van der Waals surface area contributed by atoms with Gasteiger partial charge in [0.15, 0.2) is 0 Å². The first-order chi connectivity index (χ1) is 10.9. The topological polar surface area (TPSA) is 24.4 Å². The molecule has 22 heavy (non-hydrogen) atoms. The van der Waals surface area contributed by atoms with Crippen molar-refractivity contribution in [2.45, 2.75) is 6.04 Å². The van der Waals surface area contributed by atoms with Crippen molar-refractivity contribution in [2.24, 2.45) is 4.99 Å². The second-order valence-electron chi connectivity index (χ2n) is 5.37. The highest BCUT2D eigenvalue weighted by atomic mass is 15.0. The number of hydrogen-bond acceptors (Lipinski definition) is 2. The molecule has 1 N–H and O–H groups in total. The maximum absolute atomic E-state index is 4.93. The summed E-state index contributed by atoms with van der Waals surface area (Å²) >= 11 is 0. The molecular formula is C20H16N2. The van der Waals surface area contributed by atoms with Crippen molar-refractivity contribution in [3.63, 3.8) is 0 Å². The van der Waals surface area contributed by atoms with Gasteiger partial charge in [-0.25, -0.2) is 4.99 Å². The Morgan fingerprint density at radius 1 is 0.682 bits per heavy atom. The van der Waals surface area contributed by atoms with Gasteiger partial charge >= 0.3 is 0 Å². The van der Waals surface area contributed by atoms with Gasteiger partial charge in [-0.3, -0.25) is 0 Å². The average molecular weight is 284 g/mol. The van der Waals surface area contributed by atoms with E-state index in [2.05, 4.69) is 59.9 Å². The molecule has 2 heteroatoms. The number of rotatable bonds is 2. The van der Waals surface area contributed by atoms with Gasteiger partial charge in [0.1, 0.15) is 0 Å². The third-order valence-electron chi connectivity index (χ3n) is 3.92. The lowest BCUT2D eigenvalue weighted by Crippen LogP contribution is -2.24. The quantitative estimate of drug-likeness (QED) is 0.705. The molecule has 0 saturated heterocycles. The number of hydrogen-bond donors (Lipinski definition) is 1. The number of anilines is 1. The van der Waals surface area contributed by atoms with E-state index in [-0.39, 0.29) is 6.04 Å². The van der Waals surface area contributed by atoms with Crippen LogP contribution in [0.4, 0.5) is 11.4 Å². The van der Waals surface area contributed by atoms with Gasteiger partial charge in [0.25, 0.3) is 0 Å². The molecule has 3 aromatic rings. The number of benzene rings is 3. The third kappa shape index (κ3) is 2.29. The largest absolute Gasteiger partial charge is 0.371 e. The smallest absolute Gasteiger partial charge is 0.0947 e. The van der Waals surface area contributed by atoms with Crippen LogP contribution in [0.25, 0.3) is 0 Å². The Morgan fingerprint density at radius 2 is 1.32 bits per heavy atom. The maximum Gasteiger partial charge on any atom is 0.0947 e. The van der Waals surface area contributed by atoms with Crippen LogP contribution < -0.4 is 5.32 Å². The highest BCUT2D eigenvalue weighted by molar-refractivity contribution is 6.09. The molecule has 1 aliphatic rings. The zero-order valence-electron chi connectivity index (χ0n) is 12.1. The van der Waals surface area contributed by atoms with E-state index in [1.54, 1.807) is 0 Å². The van der Waals surface area contributed by atoms with Crippen LogP contribution in [0.2, 0.25) is 0 Å². The first-order valence-electron chi connectivity index (χ1n) is 7.46. The number of nitrogens with one attached hydrogen (secondary N) is 1. The lowest BCUT2D eigenvalue weighted by atomic mass is 9.94. The second-order valence-corrected chi connectivity index (χ2v) is 5.37. The van der Waals surface area contributed by atoms with Crippen molar-refractivity contribution in [3.8, 4) is 0 Å². The number of nitrogens with zero attached hydrogens (tertiary/aromatic N) is 1. The van der Waals surface area contributed by atoms with E-state index in [1.807, 2.05) is 30.3 Å². The molecule has 1 heterocycles. The molecule has 3 aromatic carbocycles. The summed E-state index contributed by atoms with van der Waals surface area (Å²) in [6.07, 6.45) is 0. The fourth-order valence-electron chi connectivity index (χ4n) is 2.84. The highest BCUT2D eigenvalue weighted by Gasteiger charge is 2.24. The fraction of sp³-hybridized carbons (Fsp3) is 0.0500. The van der Waals surface area contributed by atoms with Crippen molar-refractivity contribution in [2.75, 3.05) is 5.32 Å². The number of fused-ring (bicyclic) bond motifs is 1. The zero-order chi connectivity index (χ0) is 14.8. The summed E-state index contributed by atoms with van der Waals surface area (Å²) in [6.45, 7) is 0. The monoisotopic (exact) mass is 284 g/mol. The van der Waals surface area contributed by atoms with Gasteiger partial charge in [0.2, 0.25) is 0 Å². The predicted molar refractivity (Wildman–Crippen MR) is 91.9 cm³/mol. The van der Waals surface area contributed by atoms with Crippen LogP contribution in [0.3, 0.4) is 0 Å². The second kappa shape index (κ2) is 5.49. The van der Waals surface area contributed by atoms with Gasteiger partial charge < -0.3 is 5.32 Å². The van der Waals surface area contributed by atoms with Crippen molar-refractivity contribution in [3.05, 3.63) is 96.1 Å². The van der Waals surface area contributed by atoms with Crippen molar-refractivity contribution in [1.29, 1.82) is 0 Å². The predicted octanol–water partition coefficient (Wildman–Crippen LogP) is 4.97. The van der Waals surface area contributed by atoms with Gasteiger partial charge in [-0.1, -0.05) is 72.8 Å². The zero-order valence-corrected chi connectivity index (χ0v) is 12.1. The first kappa shape index (κ1) is 12.8. The van der Waals surface area contributed by atoms with Crippen molar-refractivity contribution in [1.82, 2.24) is 0 Å². The molecule has 0 aromatic heterocycles. The van der Waals surface area contributed by atoms with Crippen LogP contribution in [0.15, 0.2) is 89.9 Å². The lowest BCUT2D eigenvalue weighted by molar-refractivity contribution is 1.01. The van der Waals surface area contributed by atoms with E-state index in [1.165, 1.54) is 5.56 Å². The number of para-hydroxylation sites is 2. The Kier molecular flexibility index (Phi) is 3.20. The van der Waals surface area contributed by atoms with E-state index < -0.39 is 0 Å². The van der Waals surface area contributed by atoms with Crippen molar-refractivity contribution < 1.29 is 0 Å². The Hall–Kier alpha value is -2.87. The van der Waals surface area contributed by atoms with Crippen LogP contribution in [0.5, 0.6) is 0 Å². The summed E-state index contributed by atoms with van der Waals surface area (Å²) in [7, 11) is 0. The molecular weight excluding hydrogens is 268 g/mol. The molecule has 0 bridgehead atoms. The van der Waals surface area contributed by atoms with E-state index in [4.69, 9.17) is 4.99 Å². The Morgan fingerprint density at radius 3 is 2.09 bits per heavy atom. The van der Waals surface area contributed by atoms with Crippen LogP contribution in [-0.2, 0) is 0 Å². The van der Waals surface area contributed by atoms with Crippen LogP contribution in [0.1, 0.15) is 17.2 Å². The molecule has 0 amide bonds. The summed E-state index contributed by atoms with van der Waals surface area (Å²) < 4.78 is 0. The molecule has 0 fully saturated rings. The van der Waals surface area contributed by atoms with Gasteiger partial charge in [-0.05, 0) is 23.3 Å². The summed E-state index contributed by atoms with van der Waals surface area (Å²) in [5.74, 6) is 0. The fourth-order valence-corrected chi connectivity index (χ4v) is 2.84. The minimum Gasteiger partial charge on any atom is -0.371 e. The molecule has 1 aliphatic heterocycles. The molecule has 106 valence electrons. The van der Waals surface area contributed by atoms with Gasteiger partial charge in [0.05, 0.1) is 23.1 Å². The average Bonchev–Trinajstić information content (AvgIpc) is 2.62. The molecule has 1 atom stereocenters. The summed E-state index contributed by atoms with van der Waals surface area (Å²) in [4.78, 5) is 4.93. The molecule has 0 spiro atoms. The third-order valence-corrected chi connectivity index (χ3v) is 3.92. The van der Waals surface area contributed by atoms with E-state index >= 15 is 0 Å². The minimum absolute atomic E-state index is 0.0681. The van der Waals surface area contributed by atoms with Crippen LogP contribution >= 0.6 is 0 Å². The summed E-state index contributed by atoms with van der Waals surface area (Å²) in [5.41, 5.74) is 5.51. The Bertz CT molecular complexity index is 807. The van der Waals surface area contributed by atoms with E-state index in [9.17, 15) is 0 Å². The maximum atomic E-state index is 4.93. The van der Waals surface area contributed by atoms with Crippen molar-refractivity contribution >= 4 is 17.1 Å². The van der Waals surface area contributed by atoms with Crippen LogP contribution in [0, 0.1) is 0 Å². The molecule has 0 aliphatic carbocycles. The van der Waals surface area contributed by atoms with Gasteiger partial charge in [-0.15, -0.1) is 0 Å². The van der Waals surface area contributed by atoms with E-state index in [0.29, 0.717) is 0 Å². The van der Waals surface area contributed by atoms with Gasteiger partial charge in [0, 0.05) is 0 Å². The van der Waals surface area contributed by atoms with Crippen LogP contribution in [-0.4, -0.2) is 5.71 Å². The lowest BCUT2D eigenvalue weighted by Gasteiger charge is -2.27. The molecule has 4 rings (SSSR count).